The molecule has 3 nitrogen and oxygen atoms in total. The van der Waals surface area contributed by atoms with Gasteiger partial charge in [0.1, 0.15) is 0 Å². The summed E-state index contributed by atoms with van der Waals surface area (Å²) in [6.07, 6.45) is -0.528. The third-order valence-electron chi connectivity index (χ3n) is 4.50. The number of fused-ring (bicyclic) bond motifs is 1. The Hall–Kier alpha value is -1.94. The van der Waals surface area contributed by atoms with E-state index in [1.165, 1.54) is 0 Å². The number of aliphatic hydroxyl groups is 1. The fourth-order valence-corrected chi connectivity index (χ4v) is 3.06. The summed E-state index contributed by atoms with van der Waals surface area (Å²) in [5, 5.41) is 11.9. The Kier molecular flexibility index (Phi) is 6.94. The minimum atomic E-state index is -0.528. The third-order valence-corrected chi connectivity index (χ3v) is 4.50. The summed E-state index contributed by atoms with van der Waals surface area (Å²) in [5.41, 5.74) is 3.85. The number of para-hydroxylation sites is 1. The normalized spacial score (nSPS) is 12.2. The first-order valence-corrected chi connectivity index (χ1v) is 8.58. The molecule has 3 rings (SSSR count). The number of benzene rings is 2. The maximum atomic E-state index is 10.9. The zero-order valence-electron chi connectivity index (χ0n) is 14.7. The van der Waals surface area contributed by atoms with Crippen molar-refractivity contribution in [2.24, 2.45) is 0 Å². The average molecular weight is 357 g/mol. The lowest BCUT2D eigenvalue weighted by molar-refractivity contribution is 0.120. The van der Waals surface area contributed by atoms with Crippen LogP contribution < -0.4 is 0 Å². The molecule has 1 heterocycles. The highest BCUT2D eigenvalue weighted by atomic mass is 35.5. The van der Waals surface area contributed by atoms with Crippen molar-refractivity contribution in [1.29, 1.82) is 0 Å². The Labute approximate surface area is 155 Å². The van der Waals surface area contributed by atoms with E-state index in [1.54, 1.807) is 0 Å². The Morgan fingerprint density at radius 2 is 1.60 bits per heavy atom. The van der Waals surface area contributed by atoms with E-state index in [1.807, 2.05) is 48.5 Å². The molecule has 0 bridgehead atoms. The number of rotatable bonds is 6. The van der Waals surface area contributed by atoms with E-state index < -0.39 is 6.10 Å². The first-order valence-electron chi connectivity index (χ1n) is 8.58. The Morgan fingerprint density at radius 3 is 2.28 bits per heavy atom. The van der Waals surface area contributed by atoms with Crippen LogP contribution in [0.25, 0.3) is 22.2 Å². The number of hydrogen-bond donors (Lipinski definition) is 1. The highest BCUT2D eigenvalue weighted by molar-refractivity contribution is 5.86. The van der Waals surface area contributed by atoms with Gasteiger partial charge in [0.05, 0.1) is 17.3 Å². The summed E-state index contributed by atoms with van der Waals surface area (Å²) < 4.78 is 0. The van der Waals surface area contributed by atoms with Crippen LogP contribution in [-0.2, 0) is 0 Å². The van der Waals surface area contributed by atoms with Gasteiger partial charge in [0.25, 0.3) is 0 Å². The van der Waals surface area contributed by atoms with Gasteiger partial charge in [-0.2, -0.15) is 0 Å². The lowest BCUT2D eigenvalue weighted by Gasteiger charge is -2.23. The van der Waals surface area contributed by atoms with Gasteiger partial charge < -0.3 is 10.0 Å². The topological polar surface area (TPSA) is 36.4 Å². The zero-order chi connectivity index (χ0) is 16.9. The number of hydrogen-bond acceptors (Lipinski definition) is 3. The lowest BCUT2D eigenvalue weighted by Crippen LogP contribution is -2.28. The van der Waals surface area contributed by atoms with E-state index in [-0.39, 0.29) is 12.4 Å². The molecule has 0 spiro atoms. The second-order valence-corrected chi connectivity index (χ2v) is 5.98. The summed E-state index contributed by atoms with van der Waals surface area (Å²) in [6.45, 7) is 6.74. The van der Waals surface area contributed by atoms with Crippen LogP contribution in [0.2, 0.25) is 0 Å². The Balaban J connectivity index is 0.00000225. The van der Waals surface area contributed by atoms with Gasteiger partial charge in [-0.1, -0.05) is 62.4 Å². The molecule has 2 aromatic carbocycles. The predicted octanol–water partition coefficient (Wildman–Crippen LogP) is 4.70. The number of halogens is 1. The summed E-state index contributed by atoms with van der Waals surface area (Å²) in [6, 6.07) is 20.2. The molecule has 0 aliphatic heterocycles. The largest absolute Gasteiger partial charge is 0.387 e. The van der Waals surface area contributed by atoms with Crippen molar-refractivity contribution in [2.45, 2.75) is 20.0 Å². The fourth-order valence-electron chi connectivity index (χ4n) is 3.06. The molecular formula is C21H25ClN2O. The van der Waals surface area contributed by atoms with Gasteiger partial charge in [0, 0.05) is 17.5 Å². The number of aliphatic hydroxyl groups excluding tert-OH is 1. The van der Waals surface area contributed by atoms with Crippen molar-refractivity contribution in [1.82, 2.24) is 9.88 Å². The summed E-state index contributed by atoms with van der Waals surface area (Å²) in [7, 11) is 0. The molecule has 3 aromatic rings. The van der Waals surface area contributed by atoms with Crippen molar-refractivity contribution in [3.05, 3.63) is 66.2 Å². The fraction of sp³-hybridized carbons (Fsp3) is 0.286. The number of nitrogens with zero attached hydrogens (tertiary/aromatic N) is 2. The van der Waals surface area contributed by atoms with Gasteiger partial charge in [0.2, 0.25) is 0 Å². The van der Waals surface area contributed by atoms with Crippen molar-refractivity contribution >= 4 is 23.3 Å². The molecule has 132 valence electrons. The van der Waals surface area contributed by atoms with Gasteiger partial charge >= 0.3 is 0 Å². The SMILES string of the molecule is CCN(CC)CC(O)c1cc(-c2ccccc2)nc2ccccc12.Cl. The highest BCUT2D eigenvalue weighted by Gasteiger charge is 2.16. The maximum Gasteiger partial charge on any atom is 0.0924 e. The molecule has 1 atom stereocenters. The molecule has 0 aliphatic carbocycles. The molecule has 4 heteroatoms. The van der Waals surface area contributed by atoms with Crippen LogP contribution in [0.4, 0.5) is 0 Å². The number of aromatic nitrogens is 1. The highest BCUT2D eigenvalue weighted by Crippen LogP contribution is 2.29. The van der Waals surface area contributed by atoms with E-state index in [9.17, 15) is 5.11 Å². The molecule has 0 amide bonds. The molecule has 1 N–H and O–H groups in total. The smallest absolute Gasteiger partial charge is 0.0924 e. The Bertz CT molecular complexity index is 803. The third kappa shape index (κ3) is 4.37. The van der Waals surface area contributed by atoms with Crippen molar-refractivity contribution in [2.75, 3.05) is 19.6 Å². The quantitative estimate of drug-likeness (QED) is 0.695. The summed E-state index contributed by atoms with van der Waals surface area (Å²) in [5.74, 6) is 0. The van der Waals surface area contributed by atoms with E-state index in [4.69, 9.17) is 4.98 Å². The molecule has 0 saturated heterocycles. The van der Waals surface area contributed by atoms with E-state index >= 15 is 0 Å². The van der Waals surface area contributed by atoms with Crippen LogP contribution in [-0.4, -0.2) is 34.6 Å². The molecule has 0 fully saturated rings. The molecule has 0 saturated carbocycles. The minimum absolute atomic E-state index is 0. The monoisotopic (exact) mass is 356 g/mol. The van der Waals surface area contributed by atoms with Gasteiger partial charge in [-0.05, 0) is 30.8 Å². The Morgan fingerprint density at radius 1 is 0.960 bits per heavy atom. The first-order chi connectivity index (χ1) is 11.7. The van der Waals surface area contributed by atoms with Gasteiger partial charge in [-0.3, -0.25) is 0 Å². The predicted molar refractivity (Wildman–Crippen MR) is 107 cm³/mol. The van der Waals surface area contributed by atoms with Gasteiger partial charge in [-0.25, -0.2) is 4.98 Å². The van der Waals surface area contributed by atoms with Crippen LogP contribution in [0.3, 0.4) is 0 Å². The standard InChI is InChI=1S/C21H24N2O.ClH/c1-3-23(4-2)15-21(24)18-14-20(16-10-6-5-7-11-16)22-19-13-9-8-12-17(18)19;/h5-14,21,24H,3-4,15H2,1-2H3;1H. The van der Waals surface area contributed by atoms with Crippen LogP contribution in [0, 0.1) is 0 Å². The average Bonchev–Trinajstić information content (AvgIpc) is 2.65. The van der Waals surface area contributed by atoms with Crippen LogP contribution in [0.1, 0.15) is 25.5 Å². The second-order valence-electron chi connectivity index (χ2n) is 5.98. The molecule has 25 heavy (non-hydrogen) atoms. The van der Waals surface area contributed by atoms with Gasteiger partial charge in [-0.15, -0.1) is 12.4 Å². The van der Waals surface area contributed by atoms with Gasteiger partial charge in [0.15, 0.2) is 0 Å². The lowest BCUT2D eigenvalue weighted by atomic mass is 10.00. The molecule has 1 unspecified atom stereocenters. The maximum absolute atomic E-state index is 10.9. The van der Waals surface area contributed by atoms with Crippen LogP contribution in [0.5, 0.6) is 0 Å². The molecule has 1 aromatic heterocycles. The molecule has 0 radical (unpaired) electrons. The van der Waals surface area contributed by atoms with Crippen molar-refractivity contribution in [3.63, 3.8) is 0 Å². The summed E-state index contributed by atoms with van der Waals surface area (Å²) >= 11 is 0. The second kappa shape index (κ2) is 8.95. The zero-order valence-corrected chi connectivity index (χ0v) is 15.5. The van der Waals surface area contributed by atoms with Crippen LogP contribution >= 0.6 is 12.4 Å². The van der Waals surface area contributed by atoms with Crippen LogP contribution in [0.15, 0.2) is 60.7 Å². The van der Waals surface area contributed by atoms with Crippen molar-refractivity contribution < 1.29 is 5.11 Å². The molecular weight excluding hydrogens is 332 g/mol. The number of likely N-dealkylation sites (N-methyl/N-ethyl adjacent to an activating group) is 1. The van der Waals surface area contributed by atoms with E-state index in [0.717, 1.165) is 40.8 Å². The minimum Gasteiger partial charge on any atom is -0.387 e. The molecule has 0 aliphatic rings. The first kappa shape index (κ1) is 19.4. The summed E-state index contributed by atoms with van der Waals surface area (Å²) in [4.78, 5) is 7.02. The van der Waals surface area contributed by atoms with E-state index in [2.05, 4.69) is 30.9 Å². The van der Waals surface area contributed by atoms with Crippen molar-refractivity contribution in [3.8, 4) is 11.3 Å². The van der Waals surface area contributed by atoms with E-state index in [0.29, 0.717) is 6.54 Å². The number of pyridine rings is 1.